The number of anilines is 1. The summed E-state index contributed by atoms with van der Waals surface area (Å²) >= 11 is 0. The van der Waals surface area contributed by atoms with E-state index in [1.807, 2.05) is 35.2 Å². The van der Waals surface area contributed by atoms with E-state index >= 15 is 0 Å². The summed E-state index contributed by atoms with van der Waals surface area (Å²) in [6, 6.07) is 9.88. The Morgan fingerprint density at radius 1 is 1.25 bits per heavy atom. The van der Waals surface area contributed by atoms with Crippen molar-refractivity contribution in [1.29, 1.82) is 0 Å². The number of piperidine rings is 1. The average Bonchev–Trinajstić information content (AvgIpc) is 2.52. The van der Waals surface area contributed by atoms with E-state index in [9.17, 15) is 4.79 Å². The van der Waals surface area contributed by atoms with Gasteiger partial charge >= 0.3 is 0 Å². The number of carbonyl (C=O) groups is 1. The first-order valence-electron chi connectivity index (χ1n) is 7.57. The molecule has 1 heterocycles. The molecule has 2 rings (SSSR count). The molecule has 0 aliphatic carbocycles. The number of nitrogens with zero attached hydrogens (tertiary/aromatic N) is 1. The summed E-state index contributed by atoms with van der Waals surface area (Å²) in [6.45, 7) is 6.42. The number of nitrogens with one attached hydrogen (secondary N) is 2. The Morgan fingerprint density at radius 3 is 2.60 bits per heavy atom. The van der Waals surface area contributed by atoms with Gasteiger partial charge in [0.05, 0.1) is 6.54 Å². The topological polar surface area (TPSA) is 44.4 Å². The number of carbonyl (C=O) groups excluding carboxylic acids is 1. The van der Waals surface area contributed by atoms with E-state index in [0.29, 0.717) is 6.54 Å². The molecule has 0 bridgehead atoms. The van der Waals surface area contributed by atoms with Gasteiger partial charge in [0.1, 0.15) is 0 Å². The molecule has 0 unspecified atom stereocenters. The zero-order valence-corrected chi connectivity index (χ0v) is 12.3. The normalized spacial score (nSPS) is 16.1. The molecule has 4 heteroatoms. The maximum absolute atomic E-state index is 12.1. The molecule has 20 heavy (non-hydrogen) atoms. The first-order chi connectivity index (χ1) is 9.79. The Labute approximate surface area is 121 Å². The molecule has 1 fully saturated rings. The predicted molar refractivity (Wildman–Crippen MR) is 82.8 cm³/mol. The smallest absolute Gasteiger partial charge is 0.241 e. The van der Waals surface area contributed by atoms with Crippen LogP contribution in [0.25, 0.3) is 0 Å². The third-order valence-corrected chi connectivity index (χ3v) is 3.87. The van der Waals surface area contributed by atoms with Gasteiger partial charge in [0.2, 0.25) is 5.91 Å². The second kappa shape index (κ2) is 7.90. The number of likely N-dealkylation sites (tertiary alicyclic amines) is 1. The van der Waals surface area contributed by atoms with E-state index in [1.165, 1.54) is 0 Å². The number of para-hydroxylation sites is 1. The lowest BCUT2D eigenvalue weighted by molar-refractivity contribution is -0.130. The summed E-state index contributed by atoms with van der Waals surface area (Å²) < 4.78 is 0. The van der Waals surface area contributed by atoms with Crippen LogP contribution in [-0.4, -0.2) is 43.5 Å². The van der Waals surface area contributed by atoms with Crippen molar-refractivity contribution in [3.8, 4) is 0 Å². The maximum Gasteiger partial charge on any atom is 0.241 e. The van der Waals surface area contributed by atoms with Crippen LogP contribution < -0.4 is 10.6 Å². The van der Waals surface area contributed by atoms with Gasteiger partial charge in [0, 0.05) is 18.8 Å². The van der Waals surface area contributed by atoms with Crippen LogP contribution in [0.4, 0.5) is 5.69 Å². The van der Waals surface area contributed by atoms with Gasteiger partial charge in [0.15, 0.2) is 0 Å². The predicted octanol–water partition coefficient (Wildman–Crippen LogP) is 1.95. The lowest BCUT2D eigenvalue weighted by Crippen LogP contribution is -2.43. The van der Waals surface area contributed by atoms with Crippen LogP contribution in [0.1, 0.15) is 19.8 Å². The molecule has 1 aliphatic heterocycles. The lowest BCUT2D eigenvalue weighted by atomic mass is 9.97. The highest BCUT2D eigenvalue weighted by Gasteiger charge is 2.21. The zero-order chi connectivity index (χ0) is 14.2. The van der Waals surface area contributed by atoms with E-state index in [4.69, 9.17) is 0 Å². The highest BCUT2D eigenvalue weighted by atomic mass is 16.2. The first-order valence-corrected chi connectivity index (χ1v) is 7.57. The Bertz CT molecular complexity index is 399. The summed E-state index contributed by atoms with van der Waals surface area (Å²) in [5.74, 6) is 0.928. The van der Waals surface area contributed by atoms with Gasteiger partial charge in [-0.15, -0.1) is 0 Å². The van der Waals surface area contributed by atoms with Crippen molar-refractivity contribution in [2.75, 3.05) is 38.0 Å². The van der Waals surface area contributed by atoms with Gasteiger partial charge in [-0.05, 0) is 44.0 Å². The summed E-state index contributed by atoms with van der Waals surface area (Å²) in [5.41, 5.74) is 1.00. The number of hydrogen-bond donors (Lipinski definition) is 2. The molecule has 1 aromatic carbocycles. The van der Waals surface area contributed by atoms with Crippen molar-refractivity contribution >= 4 is 11.6 Å². The molecule has 0 aromatic heterocycles. The highest BCUT2D eigenvalue weighted by Crippen LogP contribution is 2.16. The summed E-state index contributed by atoms with van der Waals surface area (Å²) in [5, 5.41) is 6.58. The standard InChI is InChI=1S/C16H25N3O/c1-2-17-12-14-8-10-19(11-9-14)16(20)13-18-15-6-4-3-5-7-15/h3-7,14,17-18H,2,8-13H2,1H3. The van der Waals surface area contributed by atoms with Crippen molar-refractivity contribution in [2.45, 2.75) is 19.8 Å². The largest absolute Gasteiger partial charge is 0.376 e. The molecular weight excluding hydrogens is 250 g/mol. The van der Waals surface area contributed by atoms with Crippen LogP contribution in [0, 0.1) is 5.92 Å². The maximum atomic E-state index is 12.1. The molecular formula is C16H25N3O. The molecule has 0 spiro atoms. The molecule has 2 N–H and O–H groups in total. The quantitative estimate of drug-likeness (QED) is 0.834. The minimum atomic E-state index is 0.204. The van der Waals surface area contributed by atoms with Crippen LogP contribution in [-0.2, 0) is 4.79 Å². The number of rotatable bonds is 6. The minimum Gasteiger partial charge on any atom is -0.376 e. The minimum absolute atomic E-state index is 0.204. The van der Waals surface area contributed by atoms with Crippen molar-refractivity contribution < 1.29 is 4.79 Å². The average molecular weight is 275 g/mol. The molecule has 1 aromatic rings. The molecule has 1 saturated heterocycles. The fourth-order valence-corrected chi connectivity index (χ4v) is 2.58. The number of hydrogen-bond acceptors (Lipinski definition) is 3. The van der Waals surface area contributed by atoms with Gasteiger partial charge in [0.25, 0.3) is 0 Å². The van der Waals surface area contributed by atoms with Gasteiger partial charge in [-0.25, -0.2) is 0 Å². The Hall–Kier alpha value is -1.55. The van der Waals surface area contributed by atoms with Gasteiger partial charge in [-0.1, -0.05) is 25.1 Å². The van der Waals surface area contributed by atoms with E-state index in [1.54, 1.807) is 0 Å². The molecule has 110 valence electrons. The molecule has 1 aliphatic rings. The second-order valence-corrected chi connectivity index (χ2v) is 5.35. The fraction of sp³-hybridized carbons (Fsp3) is 0.562. The third-order valence-electron chi connectivity index (χ3n) is 3.87. The number of benzene rings is 1. The van der Waals surface area contributed by atoms with Crippen LogP contribution >= 0.6 is 0 Å². The monoisotopic (exact) mass is 275 g/mol. The summed E-state index contributed by atoms with van der Waals surface area (Å²) in [7, 11) is 0. The molecule has 1 amide bonds. The van der Waals surface area contributed by atoms with E-state index < -0.39 is 0 Å². The fourth-order valence-electron chi connectivity index (χ4n) is 2.58. The van der Waals surface area contributed by atoms with Gasteiger partial charge in [-0.3, -0.25) is 4.79 Å². The van der Waals surface area contributed by atoms with Crippen molar-refractivity contribution in [2.24, 2.45) is 5.92 Å². The SMILES string of the molecule is CCNCC1CCN(C(=O)CNc2ccccc2)CC1. The summed E-state index contributed by atoms with van der Waals surface area (Å²) in [6.07, 6.45) is 2.23. The van der Waals surface area contributed by atoms with Crippen LogP contribution in [0.15, 0.2) is 30.3 Å². The lowest BCUT2D eigenvalue weighted by Gasteiger charge is -2.32. The van der Waals surface area contributed by atoms with Crippen molar-refractivity contribution in [3.63, 3.8) is 0 Å². The first kappa shape index (κ1) is 14.9. The van der Waals surface area contributed by atoms with Crippen LogP contribution in [0.5, 0.6) is 0 Å². The van der Waals surface area contributed by atoms with Crippen LogP contribution in [0.2, 0.25) is 0 Å². The van der Waals surface area contributed by atoms with Crippen LogP contribution in [0.3, 0.4) is 0 Å². The Kier molecular flexibility index (Phi) is 5.87. The van der Waals surface area contributed by atoms with E-state index in [2.05, 4.69) is 17.6 Å². The second-order valence-electron chi connectivity index (χ2n) is 5.35. The zero-order valence-electron chi connectivity index (χ0n) is 12.3. The third kappa shape index (κ3) is 4.53. The van der Waals surface area contributed by atoms with E-state index in [-0.39, 0.29) is 5.91 Å². The highest BCUT2D eigenvalue weighted by molar-refractivity contribution is 5.80. The Morgan fingerprint density at radius 2 is 1.95 bits per heavy atom. The molecule has 4 nitrogen and oxygen atoms in total. The van der Waals surface area contributed by atoms with Gasteiger partial charge in [-0.2, -0.15) is 0 Å². The summed E-state index contributed by atoms with van der Waals surface area (Å²) in [4.78, 5) is 14.1. The molecule has 0 radical (unpaired) electrons. The Balaban J connectivity index is 1.69. The number of amides is 1. The molecule has 0 saturated carbocycles. The van der Waals surface area contributed by atoms with Crippen molar-refractivity contribution in [3.05, 3.63) is 30.3 Å². The van der Waals surface area contributed by atoms with Crippen molar-refractivity contribution in [1.82, 2.24) is 10.2 Å². The molecule has 0 atom stereocenters. The van der Waals surface area contributed by atoms with Gasteiger partial charge < -0.3 is 15.5 Å². The van der Waals surface area contributed by atoms with E-state index in [0.717, 1.165) is 50.6 Å².